The first-order chi connectivity index (χ1) is 19.8. The number of likely N-dealkylation sites (tertiary alicyclic amines) is 1. The van der Waals surface area contributed by atoms with E-state index in [2.05, 4.69) is 9.84 Å². The number of benzene rings is 2. The van der Waals surface area contributed by atoms with Crippen LogP contribution in [-0.2, 0) is 36.7 Å². The molecule has 0 unspecified atom stereocenters. The highest BCUT2D eigenvalue weighted by molar-refractivity contribution is 7.53. The molecule has 2 heterocycles. The number of rotatable bonds is 8. The van der Waals surface area contributed by atoms with Crippen LogP contribution in [0.4, 0.5) is 26.3 Å². The van der Waals surface area contributed by atoms with Crippen molar-refractivity contribution in [2.45, 2.75) is 62.1 Å². The Kier molecular flexibility index (Phi) is 9.19. The van der Waals surface area contributed by atoms with Gasteiger partial charge in [-0.1, -0.05) is 30.3 Å². The lowest BCUT2D eigenvalue weighted by Crippen LogP contribution is -2.65. The van der Waals surface area contributed by atoms with Gasteiger partial charge in [0.2, 0.25) is 5.91 Å². The lowest BCUT2D eigenvalue weighted by Gasteiger charge is -2.53. The van der Waals surface area contributed by atoms with Crippen molar-refractivity contribution < 1.29 is 59.9 Å². The molecule has 2 aliphatic heterocycles. The second kappa shape index (κ2) is 11.9. The molecule has 16 heteroatoms. The SMILES string of the molecule is C[C@@H](OC[C@@]1(c2ccccc2)CC[C@]2(CCC(=O)N2)CN1C(=O)CO[P+](O)(O)O)c1cc(C(F)(F)F)cc(C(F)(F)F)c1. The number of ether oxygens (including phenoxy) is 1. The van der Waals surface area contributed by atoms with Gasteiger partial charge >= 0.3 is 20.5 Å². The molecule has 0 saturated carbocycles. The Hall–Kier alpha value is -2.81. The van der Waals surface area contributed by atoms with Crippen LogP contribution in [0.5, 0.6) is 0 Å². The third-order valence-corrected chi connectivity index (χ3v) is 8.33. The molecule has 0 bridgehead atoms. The van der Waals surface area contributed by atoms with E-state index in [1.807, 2.05) is 0 Å². The number of nitrogens with one attached hydrogen (secondary N) is 1. The summed E-state index contributed by atoms with van der Waals surface area (Å²) in [5, 5.41) is 2.88. The first-order valence-electron chi connectivity index (χ1n) is 13.1. The molecule has 2 fully saturated rings. The number of halogens is 6. The quantitative estimate of drug-likeness (QED) is 0.245. The average molecular weight is 640 g/mol. The molecule has 0 radical (unpaired) electrons. The maximum Gasteiger partial charge on any atom is 0.567 e. The molecule has 2 aliphatic rings. The second-order valence-corrected chi connectivity index (χ2v) is 12.1. The van der Waals surface area contributed by atoms with Gasteiger partial charge in [0, 0.05) is 13.0 Å². The van der Waals surface area contributed by atoms with E-state index in [4.69, 9.17) is 4.74 Å². The fourth-order valence-corrected chi connectivity index (χ4v) is 5.88. The van der Waals surface area contributed by atoms with Crippen molar-refractivity contribution >= 4 is 20.0 Å². The van der Waals surface area contributed by atoms with Gasteiger partial charge in [0.05, 0.1) is 34.9 Å². The van der Waals surface area contributed by atoms with Gasteiger partial charge in [-0.25, -0.2) is 0 Å². The predicted octanol–water partition coefficient (Wildman–Crippen LogP) is 4.64. The third kappa shape index (κ3) is 7.65. The number of nitrogens with zero attached hydrogens (tertiary/aromatic N) is 1. The van der Waals surface area contributed by atoms with Crippen LogP contribution >= 0.6 is 8.17 Å². The van der Waals surface area contributed by atoms with Gasteiger partial charge in [-0.3, -0.25) is 9.59 Å². The minimum absolute atomic E-state index is 0.0186. The summed E-state index contributed by atoms with van der Waals surface area (Å²) in [5.74, 6) is -1.07. The van der Waals surface area contributed by atoms with Crippen LogP contribution in [0, 0.1) is 0 Å². The molecule has 9 nitrogen and oxygen atoms in total. The van der Waals surface area contributed by atoms with Crippen LogP contribution in [0.2, 0.25) is 0 Å². The summed E-state index contributed by atoms with van der Waals surface area (Å²) in [5.41, 5.74) is -5.10. The molecule has 2 aromatic rings. The first-order valence-corrected chi connectivity index (χ1v) is 14.7. The van der Waals surface area contributed by atoms with Crippen molar-refractivity contribution in [3.63, 3.8) is 0 Å². The molecular weight excluding hydrogens is 609 g/mol. The lowest BCUT2D eigenvalue weighted by molar-refractivity contribution is -0.154. The van der Waals surface area contributed by atoms with Crippen LogP contribution in [-0.4, -0.2) is 56.7 Å². The Morgan fingerprint density at radius 2 is 1.60 bits per heavy atom. The molecule has 1 spiro atoms. The van der Waals surface area contributed by atoms with Crippen molar-refractivity contribution in [3.8, 4) is 0 Å². The van der Waals surface area contributed by atoms with Gasteiger partial charge in [0.1, 0.15) is 0 Å². The Bertz CT molecular complexity index is 1310. The van der Waals surface area contributed by atoms with Gasteiger partial charge in [-0.05, 0) is 55.5 Å². The third-order valence-electron chi connectivity index (χ3n) is 7.85. The molecule has 4 rings (SSSR count). The summed E-state index contributed by atoms with van der Waals surface area (Å²) >= 11 is 0. The average Bonchev–Trinajstić information content (AvgIpc) is 3.29. The maximum absolute atomic E-state index is 13.5. The highest BCUT2D eigenvalue weighted by atomic mass is 31.2. The van der Waals surface area contributed by atoms with E-state index in [9.17, 15) is 50.6 Å². The van der Waals surface area contributed by atoms with Gasteiger partial charge in [-0.2, -0.15) is 41.0 Å². The zero-order valence-electron chi connectivity index (χ0n) is 22.8. The number of piperidine rings is 1. The van der Waals surface area contributed by atoms with Gasteiger partial charge in [0.25, 0.3) is 5.91 Å². The fourth-order valence-electron chi connectivity index (χ4n) is 5.60. The van der Waals surface area contributed by atoms with Crippen LogP contribution in [0.25, 0.3) is 0 Å². The van der Waals surface area contributed by atoms with Crippen LogP contribution < -0.4 is 5.32 Å². The molecule has 2 amide bonds. The van der Waals surface area contributed by atoms with Crippen molar-refractivity contribution in [2.24, 2.45) is 0 Å². The summed E-state index contributed by atoms with van der Waals surface area (Å²) in [6, 6.07) is 9.50. The summed E-state index contributed by atoms with van der Waals surface area (Å²) in [6.45, 7) is -0.187. The van der Waals surface area contributed by atoms with Gasteiger partial charge in [-0.15, -0.1) is 4.52 Å². The van der Waals surface area contributed by atoms with E-state index in [-0.39, 0.29) is 31.4 Å². The van der Waals surface area contributed by atoms with Gasteiger partial charge < -0.3 is 15.0 Å². The summed E-state index contributed by atoms with van der Waals surface area (Å²) in [7, 11) is -4.82. The molecule has 3 atom stereocenters. The monoisotopic (exact) mass is 639 g/mol. The molecule has 43 heavy (non-hydrogen) atoms. The van der Waals surface area contributed by atoms with Crippen molar-refractivity contribution in [1.29, 1.82) is 0 Å². The highest BCUT2D eigenvalue weighted by Crippen LogP contribution is 2.48. The number of alkyl halides is 6. The topological polar surface area (TPSA) is 129 Å². The molecule has 0 aliphatic carbocycles. The predicted molar refractivity (Wildman–Crippen MR) is 140 cm³/mol. The number of hydrogen-bond acceptors (Lipinski definition) is 7. The highest BCUT2D eigenvalue weighted by Gasteiger charge is 2.53. The zero-order chi connectivity index (χ0) is 31.8. The molecule has 2 saturated heterocycles. The fraction of sp³-hybridized carbons (Fsp3) is 0.481. The summed E-state index contributed by atoms with van der Waals surface area (Å²) in [4.78, 5) is 54.9. The number of carbonyl (C=O) groups excluding carboxylic acids is 2. The van der Waals surface area contributed by atoms with E-state index in [1.165, 1.54) is 11.8 Å². The number of carbonyl (C=O) groups is 2. The Morgan fingerprint density at radius 1 is 1.00 bits per heavy atom. The number of amides is 2. The molecular formula is C27H30F6N2O7P+. The minimum atomic E-state index is -5.06. The molecule has 236 valence electrons. The van der Waals surface area contributed by atoms with Crippen molar-refractivity contribution in [1.82, 2.24) is 10.2 Å². The van der Waals surface area contributed by atoms with Crippen molar-refractivity contribution in [3.05, 3.63) is 70.8 Å². The molecule has 0 aromatic heterocycles. The van der Waals surface area contributed by atoms with E-state index >= 15 is 0 Å². The van der Waals surface area contributed by atoms with Crippen LogP contribution in [0.3, 0.4) is 0 Å². The normalized spacial score (nSPS) is 23.9. The minimum Gasteiger partial charge on any atom is -0.371 e. The van der Waals surface area contributed by atoms with Crippen molar-refractivity contribution in [2.75, 3.05) is 19.8 Å². The largest absolute Gasteiger partial charge is 0.567 e. The lowest BCUT2D eigenvalue weighted by atomic mass is 9.74. The van der Waals surface area contributed by atoms with Crippen LogP contribution in [0.1, 0.15) is 61.0 Å². The Balaban J connectivity index is 1.72. The summed E-state index contributed by atoms with van der Waals surface area (Å²) < 4.78 is 91.4. The van der Waals surface area contributed by atoms with Gasteiger partial charge in [0.15, 0.2) is 6.61 Å². The number of hydrogen-bond donors (Lipinski definition) is 4. The van der Waals surface area contributed by atoms with Crippen LogP contribution in [0.15, 0.2) is 48.5 Å². The van der Waals surface area contributed by atoms with E-state index in [1.54, 1.807) is 30.3 Å². The Labute approximate surface area is 243 Å². The smallest absolute Gasteiger partial charge is 0.371 e. The molecule has 2 aromatic carbocycles. The summed E-state index contributed by atoms with van der Waals surface area (Å²) in [6.07, 6.45) is -10.4. The molecule has 4 N–H and O–H groups in total. The first kappa shape index (κ1) is 33.1. The Morgan fingerprint density at radius 3 is 2.12 bits per heavy atom. The zero-order valence-corrected chi connectivity index (χ0v) is 23.7. The maximum atomic E-state index is 13.5. The second-order valence-electron chi connectivity index (χ2n) is 10.8. The van der Waals surface area contributed by atoms with E-state index < -0.39 is 73.5 Å². The standard InChI is InChI=1S/C27H29F6N2O7P/c1-17(18-11-20(26(28,29)30)13-21(12-18)27(31,32)33)41-16-25(19-5-3-2-4-6-19)10-9-24(8-7-22(36)34-24)15-35(25)23(37)14-42-43(38,39)40/h2-6,11-13,17,38-40H,7-10,14-16H2,1H3/p+1/t17-,24-,25-/m1/s1. The van der Waals surface area contributed by atoms with E-state index in [0.29, 0.717) is 30.5 Å². The van der Waals surface area contributed by atoms with E-state index in [0.717, 1.165) is 0 Å².